The molecular formula is C25H28N2O6. The van der Waals surface area contributed by atoms with Gasteiger partial charge in [-0.1, -0.05) is 13.0 Å². The molecule has 2 aromatic rings. The molecule has 1 heterocycles. The van der Waals surface area contributed by atoms with Crippen LogP contribution in [0, 0.1) is 19.8 Å². The average Bonchev–Trinajstić information content (AvgIpc) is 3.20. The number of rotatable bonds is 8. The maximum atomic E-state index is 12.4. The summed E-state index contributed by atoms with van der Waals surface area (Å²) in [5.41, 5.74) is 3.75. The molecule has 1 aliphatic rings. The number of benzene rings is 2. The van der Waals surface area contributed by atoms with Crippen molar-refractivity contribution in [3.63, 3.8) is 0 Å². The molecule has 1 saturated heterocycles. The summed E-state index contributed by atoms with van der Waals surface area (Å²) in [5.74, 6) is -2.35. The quantitative estimate of drug-likeness (QED) is 0.616. The predicted molar refractivity (Wildman–Crippen MR) is 123 cm³/mol. The molecule has 2 amide bonds. The maximum Gasteiger partial charge on any atom is 0.338 e. The molecule has 0 saturated carbocycles. The highest BCUT2D eigenvalue weighted by atomic mass is 16.5. The Morgan fingerprint density at radius 2 is 1.76 bits per heavy atom. The van der Waals surface area contributed by atoms with E-state index in [1.807, 2.05) is 32.9 Å². The zero-order valence-corrected chi connectivity index (χ0v) is 19.1. The zero-order valence-electron chi connectivity index (χ0n) is 19.1. The number of esters is 2. The van der Waals surface area contributed by atoms with Crippen molar-refractivity contribution >= 4 is 35.1 Å². The van der Waals surface area contributed by atoms with Crippen LogP contribution in [0.25, 0.3) is 0 Å². The Morgan fingerprint density at radius 3 is 2.42 bits per heavy atom. The molecule has 174 valence electrons. The Bertz CT molecular complexity index is 1050. The second-order valence-corrected chi connectivity index (χ2v) is 8.04. The van der Waals surface area contributed by atoms with Gasteiger partial charge in [-0.05, 0) is 67.8 Å². The number of hydrogen-bond donors (Lipinski definition) is 1. The minimum Gasteiger partial charge on any atom is -0.462 e. The largest absolute Gasteiger partial charge is 0.462 e. The van der Waals surface area contributed by atoms with Crippen molar-refractivity contribution in [2.75, 3.05) is 30.0 Å². The summed E-state index contributed by atoms with van der Waals surface area (Å²) in [5, 5.41) is 2.70. The molecule has 1 atom stereocenters. The smallest absolute Gasteiger partial charge is 0.338 e. The van der Waals surface area contributed by atoms with Gasteiger partial charge in [0.05, 0.1) is 18.1 Å². The van der Waals surface area contributed by atoms with E-state index in [-0.39, 0.29) is 18.9 Å². The fourth-order valence-electron chi connectivity index (χ4n) is 3.44. The Balaban J connectivity index is 1.51. The predicted octanol–water partition coefficient (Wildman–Crippen LogP) is 3.41. The van der Waals surface area contributed by atoms with Crippen LogP contribution in [0.4, 0.5) is 11.4 Å². The fraction of sp³-hybridized carbons (Fsp3) is 0.360. The first kappa shape index (κ1) is 24.0. The Kier molecular flexibility index (Phi) is 7.82. The van der Waals surface area contributed by atoms with Gasteiger partial charge in [-0.15, -0.1) is 0 Å². The number of anilines is 2. The van der Waals surface area contributed by atoms with E-state index in [1.54, 1.807) is 30.3 Å². The lowest BCUT2D eigenvalue weighted by atomic mass is 10.1. The van der Waals surface area contributed by atoms with Crippen LogP contribution in [0.1, 0.15) is 41.3 Å². The summed E-state index contributed by atoms with van der Waals surface area (Å²) < 4.78 is 10.2. The first-order valence-corrected chi connectivity index (χ1v) is 10.9. The van der Waals surface area contributed by atoms with Crippen molar-refractivity contribution in [3.05, 3.63) is 59.2 Å². The molecule has 8 nitrogen and oxygen atoms in total. The molecule has 0 aliphatic carbocycles. The third-order valence-corrected chi connectivity index (χ3v) is 5.45. The van der Waals surface area contributed by atoms with E-state index in [0.717, 1.165) is 17.5 Å². The van der Waals surface area contributed by atoms with E-state index in [2.05, 4.69) is 5.32 Å². The van der Waals surface area contributed by atoms with Gasteiger partial charge in [0, 0.05) is 24.3 Å². The van der Waals surface area contributed by atoms with E-state index in [0.29, 0.717) is 23.5 Å². The fourth-order valence-corrected chi connectivity index (χ4v) is 3.44. The van der Waals surface area contributed by atoms with E-state index in [9.17, 15) is 19.2 Å². The zero-order chi connectivity index (χ0) is 24.0. The average molecular weight is 453 g/mol. The van der Waals surface area contributed by atoms with Gasteiger partial charge in [-0.3, -0.25) is 14.4 Å². The van der Waals surface area contributed by atoms with Crippen molar-refractivity contribution in [3.8, 4) is 0 Å². The number of ether oxygens (including phenoxy) is 2. The van der Waals surface area contributed by atoms with Gasteiger partial charge in [-0.25, -0.2) is 4.79 Å². The minimum absolute atomic E-state index is 0.00208. The molecule has 1 fully saturated rings. The molecule has 2 aromatic carbocycles. The number of amides is 2. The number of aryl methyl sites for hydroxylation is 2. The van der Waals surface area contributed by atoms with Gasteiger partial charge in [0.15, 0.2) is 6.61 Å². The number of hydrogen-bond acceptors (Lipinski definition) is 6. The maximum absolute atomic E-state index is 12.4. The molecule has 0 spiro atoms. The molecule has 0 unspecified atom stereocenters. The van der Waals surface area contributed by atoms with E-state index < -0.39 is 30.4 Å². The number of nitrogens with zero attached hydrogens (tertiary/aromatic N) is 1. The van der Waals surface area contributed by atoms with Crippen LogP contribution in [0.3, 0.4) is 0 Å². The van der Waals surface area contributed by atoms with E-state index in [1.165, 1.54) is 4.90 Å². The van der Waals surface area contributed by atoms with Crippen LogP contribution in [0.15, 0.2) is 42.5 Å². The summed E-state index contributed by atoms with van der Waals surface area (Å²) >= 11 is 0. The van der Waals surface area contributed by atoms with Crippen LogP contribution in [-0.4, -0.2) is 43.5 Å². The van der Waals surface area contributed by atoms with Crippen LogP contribution in [0.2, 0.25) is 0 Å². The lowest BCUT2D eigenvalue weighted by molar-refractivity contribution is -0.151. The second kappa shape index (κ2) is 10.8. The van der Waals surface area contributed by atoms with Crippen LogP contribution < -0.4 is 10.2 Å². The Hall–Kier alpha value is -3.68. The first-order valence-electron chi connectivity index (χ1n) is 10.9. The van der Waals surface area contributed by atoms with Crippen molar-refractivity contribution < 1.29 is 28.7 Å². The third kappa shape index (κ3) is 6.19. The summed E-state index contributed by atoms with van der Waals surface area (Å²) in [6.07, 6.45) is 0.731. The van der Waals surface area contributed by atoms with Gasteiger partial charge >= 0.3 is 11.9 Å². The third-order valence-electron chi connectivity index (χ3n) is 5.45. The van der Waals surface area contributed by atoms with Crippen molar-refractivity contribution in [1.82, 2.24) is 0 Å². The minimum atomic E-state index is -0.666. The van der Waals surface area contributed by atoms with Crippen molar-refractivity contribution in [2.24, 2.45) is 5.92 Å². The number of nitrogens with one attached hydrogen (secondary N) is 1. The molecule has 0 radical (unpaired) electrons. The van der Waals surface area contributed by atoms with E-state index >= 15 is 0 Å². The highest BCUT2D eigenvalue weighted by molar-refractivity contribution is 6.00. The van der Waals surface area contributed by atoms with Gasteiger partial charge in [-0.2, -0.15) is 0 Å². The van der Waals surface area contributed by atoms with Gasteiger partial charge in [0.25, 0.3) is 5.91 Å². The van der Waals surface area contributed by atoms with Crippen molar-refractivity contribution in [1.29, 1.82) is 0 Å². The highest BCUT2D eigenvalue weighted by Gasteiger charge is 2.36. The molecule has 1 N–H and O–H groups in total. The van der Waals surface area contributed by atoms with E-state index in [4.69, 9.17) is 9.47 Å². The summed E-state index contributed by atoms with van der Waals surface area (Å²) in [6, 6.07) is 12.0. The SMILES string of the molecule is CCCOC(=O)c1ccc(N2C[C@H](C(=O)OCC(=O)Nc3ccc(C)c(C)c3)CC2=O)cc1. The lowest BCUT2D eigenvalue weighted by Gasteiger charge is -2.17. The molecular weight excluding hydrogens is 424 g/mol. The standard InChI is InChI=1S/C25H28N2O6/c1-4-11-32-24(30)18-6-9-21(10-7-18)27-14-19(13-23(27)29)25(31)33-15-22(28)26-20-8-5-16(2)17(3)12-20/h5-10,12,19H,4,11,13-15H2,1-3H3,(H,26,28)/t19-/m1/s1. The lowest BCUT2D eigenvalue weighted by Crippen LogP contribution is -2.28. The molecule has 33 heavy (non-hydrogen) atoms. The van der Waals surface area contributed by atoms with Gasteiger partial charge in [0.1, 0.15) is 0 Å². The Morgan fingerprint density at radius 1 is 1.03 bits per heavy atom. The Labute approximate surface area is 192 Å². The molecule has 1 aliphatic heterocycles. The van der Waals surface area contributed by atoms with Crippen LogP contribution in [0.5, 0.6) is 0 Å². The topological polar surface area (TPSA) is 102 Å². The molecule has 0 aromatic heterocycles. The first-order chi connectivity index (χ1) is 15.8. The highest BCUT2D eigenvalue weighted by Crippen LogP contribution is 2.26. The number of carbonyl (C=O) groups is 4. The van der Waals surface area contributed by atoms with Crippen LogP contribution >= 0.6 is 0 Å². The molecule has 0 bridgehead atoms. The van der Waals surface area contributed by atoms with Gasteiger partial charge in [0.2, 0.25) is 5.91 Å². The number of carbonyl (C=O) groups excluding carboxylic acids is 4. The van der Waals surface area contributed by atoms with Crippen molar-refractivity contribution in [2.45, 2.75) is 33.6 Å². The monoisotopic (exact) mass is 452 g/mol. The van der Waals surface area contributed by atoms with Gasteiger partial charge < -0.3 is 19.7 Å². The summed E-state index contributed by atoms with van der Waals surface area (Å²) in [4.78, 5) is 50.4. The normalized spacial score (nSPS) is 15.3. The molecule has 8 heteroatoms. The summed E-state index contributed by atoms with van der Waals surface area (Å²) in [6.45, 7) is 5.90. The van der Waals surface area contributed by atoms with Crippen LogP contribution in [-0.2, 0) is 23.9 Å². The second-order valence-electron chi connectivity index (χ2n) is 8.04. The summed E-state index contributed by atoms with van der Waals surface area (Å²) in [7, 11) is 0. The molecule has 3 rings (SSSR count).